The molecule has 0 saturated heterocycles. The van der Waals surface area contributed by atoms with E-state index in [1.165, 1.54) is 10.5 Å². The molecule has 0 bridgehead atoms. The molecule has 0 unspecified atom stereocenters. The summed E-state index contributed by atoms with van der Waals surface area (Å²) in [4.78, 5) is 9.94. The topological polar surface area (TPSA) is 37.8 Å². The molecule has 0 radical (unpaired) electrons. The zero-order valence-electron chi connectivity index (χ0n) is 13.2. The Labute approximate surface area is 131 Å². The first-order valence-corrected chi connectivity index (χ1v) is 8.16. The molecule has 112 valence electrons. The predicted molar refractivity (Wildman–Crippen MR) is 90.1 cm³/mol. The highest BCUT2D eigenvalue weighted by molar-refractivity contribution is 7.99. The molecular formula is C17H23N3S. The van der Waals surface area contributed by atoms with Crippen LogP contribution in [0.3, 0.4) is 0 Å². The molecule has 1 N–H and O–H groups in total. The first-order chi connectivity index (χ1) is 9.99. The van der Waals surface area contributed by atoms with Crippen molar-refractivity contribution in [1.82, 2.24) is 9.97 Å². The van der Waals surface area contributed by atoms with E-state index in [0.717, 1.165) is 18.0 Å². The average molecular weight is 301 g/mol. The molecule has 0 aliphatic rings. The minimum absolute atomic E-state index is 0.190. The summed E-state index contributed by atoms with van der Waals surface area (Å²) in [6.07, 6.45) is 2.87. The van der Waals surface area contributed by atoms with Gasteiger partial charge >= 0.3 is 0 Å². The van der Waals surface area contributed by atoms with Crippen LogP contribution in [0.25, 0.3) is 0 Å². The summed E-state index contributed by atoms with van der Waals surface area (Å²) in [5, 5.41) is 4.18. The Balaban J connectivity index is 2.07. The Bertz CT molecular complexity index is 573. The van der Waals surface area contributed by atoms with Crippen molar-refractivity contribution in [2.75, 3.05) is 11.9 Å². The molecule has 0 aliphatic heterocycles. The minimum atomic E-state index is 0.190. The van der Waals surface area contributed by atoms with E-state index in [2.05, 4.69) is 67.2 Å². The van der Waals surface area contributed by atoms with Crippen LogP contribution in [0.15, 0.2) is 46.5 Å². The first-order valence-electron chi connectivity index (χ1n) is 7.34. The van der Waals surface area contributed by atoms with Gasteiger partial charge in [-0.1, -0.05) is 51.6 Å². The maximum atomic E-state index is 4.52. The van der Waals surface area contributed by atoms with E-state index in [1.54, 1.807) is 18.0 Å². The normalized spacial score (nSPS) is 11.4. The number of hydrogen-bond acceptors (Lipinski definition) is 4. The molecule has 0 aliphatic carbocycles. The first kappa shape index (κ1) is 15.8. The fraction of sp³-hybridized carbons (Fsp3) is 0.412. The van der Waals surface area contributed by atoms with E-state index in [4.69, 9.17) is 0 Å². The Morgan fingerprint density at radius 3 is 2.43 bits per heavy atom. The Morgan fingerprint density at radius 1 is 1.10 bits per heavy atom. The largest absolute Gasteiger partial charge is 0.354 e. The molecule has 2 aromatic rings. The van der Waals surface area contributed by atoms with Gasteiger partial charge in [0, 0.05) is 17.6 Å². The maximum Gasteiger partial charge on any atom is 0.223 e. The maximum absolute atomic E-state index is 4.52. The minimum Gasteiger partial charge on any atom is -0.354 e. The number of anilines is 1. The van der Waals surface area contributed by atoms with Crippen LogP contribution in [-0.2, 0) is 5.41 Å². The second kappa shape index (κ2) is 6.94. The molecule has 2 rings (SSSR count). The average Bonchev–Trinajstić information content (AvgIpc) is 2.45. The third kappa shape index (κ3) is 4.74. The molecule has 1 heterocycles. The fourth-order valence-corrected chi connectivity index (χ4v) is 2.64. The second-order valence-electron chi connectivity index (χ2n) is 6.02. The summed E-state index contributed by atoms with van der Waals surface area (Å²) in [7, 11) is 0. The van der Waals surface area contributed by atoms with E-state index in [-0.39, 0.29) is 5.41 Å². The van der Waals surface area contributed by atoms with Crippen molar-refractivity contribution in [3.8, 4) is 0 Å². The quantitative estimate of drug-likeness (QED) is 0.809. The van der Waals surface area contributed by atoms with Crippen molar-refractivity contribution in [3.05, 3.63) is 42.1 Å². The molecule has 0 fully saturated rings. The smallest absolute Gasteiger partial charge is 0.223 e. The summed E-state index contributed by atoms with van der Waals surface area (Å²) in [5.41, 5.74) is 1.54. The van der Waals surface area contributed by atoms with Gasteiger partial charge in [0.15, 0.2) is 0 Å². The number of rotatable bonds is 5. The van der Waals surface area contributed by atoms with Crippen LogP contribution in [0, 0.1) is 0 Å². The van der Waals surface area contributed by atoms with E-state index in [0.29, 0.717) is 5.95 Å². The number of nitrogens with zero attached hydrogens (tertiary/aromatic N) is 2. The summed E-state index contributed by atoms with van der Waals surface area (Å²) < 4.78 is 0. The van der Waals surface area contributed by atoms with E-state index < -0.39 is 0 Å². The molecule has 21 heavy (non-hydrogen) atoms. The Hall–Kier alpha value is -1.55. The second-order valence-corrected chi connectivity index (χ2v) is 7.12. The zero-order chi connectivity index (χ0) is 15.3. The van der Waals surface area contributed by atoms with Crippen molar-refractivity contribution < 1.29 is 0 Å². The highest BCUT2D eigenvalue weighted by Gasteiger charge is 2.13. The number of benzene rings is 1. The third-order valence-corrected chi connectivity index (χ3v) is 4.05. The van der Waals surface area contributed by atoms with Gasteiger partial charge in [0.05, 0.1) is 0 Å². The van der Waals surface area contributed by atoms with Crippen LogP contribution < -0.4 is 5.32 Å². The molecule has 0 atom stereocenters. The molecule has 3 nitrogen and oxygen atoms in total. The Kier molecular flexibility index (Phi) is 5.23. The monoisotopic (exact) mass is 301 g/mol. The van der Waals surface area contributed by atoms with Gasteiger partial charge in [-0.3, -0.25) is 0 Å². The highest BCUT2D eigenvalue weighted by atomic mass is 32.2. The van der Waals surface area contributed by atoms with Crippen LogP contribution in [0.1, 0.15) is 39.7 Å². The van der Waals surface area contributed by atoms with E-state index in [9.17, 15) is 0 Å². The van der Waals surface area contributed by atoms with Crippen molar-refractivity contribution in [1.29, 1.82) is 0 Å². The molecular weight excluding hydrogens is 278 g/mol. The SMILES string of the molecule is CCCNc1nccc(Sc2ccc(C(C)(C)C)cc2)n1. The number of aromatic nitrogens is 2. The van der Waals surface area contributed by atoms with Gasteiger partial charge < -0.3 is 5.32 Å². The lowest BCUT2D eigenvalue weighted by atomic mass is 9.87. The number of hydrogen-bond donors (Lipinski definition) is 1. The van der Waals surface area contributed by atoms with Gasteiger partial charge in [-0.05, 0) is 35.6 Å². The van der Waals surface area contributed by atoms with Gasteiger partial charge in [-0.2, -0.15) is 0 Å². The van der Waals surface area contributed by atoms with Gasteiger partial charge in [-0.15, -0.1) is 0 Å². The lowest BCUT2D eigenvalue weighted by Gasteiger charge is -2.19. The van der Waals surface area contributed by atoms with Crippen LogP contribution in [-0.4, -0.2) is 16.5 Å². The van der Waals surface area contributed by atoms with Gasteiger partial charge in [0.2, 0.25) is 5.95 Å². The Morgan fingerprint density at radius 2 is 1.81 bits per heavy atom. The fourth-order valence-electron chi connectivity index (χ4n) is 1.86. The van der Waals surface area contributed by atoms with E-state index in [1.807, 2.05) is 6.07 Å². The van der Waals surface area contributed by atoms with Gasteiger partial charge in [0.25, 0.3) is 0 Å². The lowest BCUT2D eigenvalue weighted by Crippen LogP contribution is -2.10. The lowest BCUT2D eigenvalue weighted by molar-refractivity contribution is 0.590. The van der Waals surface area contributed by atoms with E-state index >= 15 is 0 Å². The van der Waals surface area contributed by atoms with Gasteiger partial charge in [-0.25, -0.2) is 9.97 Å². The van der Waals surface area contributed by atoms with Gasteiger partial charge in [0.1, 0.15) is 5.03 Å². The molecule has 1 aromatic heterocycles. The zero-order valence-corrected chi connectivity index (χ0v) is 14.0. The molecule has 0 spiro atoms. The number of nitrogens with one attached hydrogen (secondary N) is 1. The van der Waals surface area contributed by atoms with Crippen LogP contribution in [0.5, 0.6) is 0 Å². The highest BCUT2D eigenvalue weighted by Crippen LogP contribution is 2.29. The molecule has 1 aromatic carbocycles. The van der Waals surface area contributed by atoms with Crippen LogP contribution in [0.2, 0.25) is 0 Å². The van der Waals surface area contributed by atoms with Crippen molar-refractivity contribution in [2.24, 2.45) is 0 Å². The van der Waals surface area contributed by atoms with Crippen molar-refractivity contribution in [3.63, 3.8) is 0 Å². The molecule has 0 saturated carbocycles. The summed E-state index contributed by atoms with van der Waals surface area (Å²) in [6, 6.07) is 10.7. The third-order valence-electron chi connectivity index (χ3n) is 3.11. The predicted octanol–water partition coefficient (Wildman–Crippen LogP) is 4.75. The van der Waals surface area contributed by atoms with Crippen LogP contribution >= 0.6 is 11.8 Å². The standard InChI is InChI=1S/C17H23N3S/c1-5-11-18-16-19-12-10-15(20-16)21-14-8-6-13(7-9-14)17(2,3)4/h6-10,12H,5,11H2,1-4H3,(H,18,19,20). The van der Waals surface area contributed by atoms with Crippen molar-refractivity contribution in [2.45, 2.75) is 49.5 Å². The molecule has 4 heteroatoms. The summed E-state index contributed by atoms with van der Waals surface area (Å²) >= 11 is 1.66. The summed E-state index contributed by atoms with van der Waals surface area (Å²) in [6.45, 7) is 9.71. The summed E-state index contributed by atoms with van der Waals surface area (Å²) in [5.74, 6) is 0.702. The van der Waals surface area contributed by atoms with Crippen LogP contribution in [0.4, 0.5) is 5.95 Å². The van der Waals surface area contributed by atoms with Crippen molar-refractivity contribution >= 4 is 17.7 Å². The molecule has 0 amide bonds.